The molecule has 2 amide bonds. The number of alkyl halides is 3. The molecule has 1 aliphatic heterocycles. The van der Waals surface area contributed by atoms with Crippen molar-refractivity contribution in [1.29, 1.82) is 0 Å². The van der Waals surface area contributed by atoms with Crippen LogP contribution in [0.4, 0.5) is 13.2 Å². The molecule has 0 aliphatic carbocycles. The molecule has 1 fully saturated rings. The van der Waals surface area contributed by atoms with Gasteiger partial charge in [0.2, 0.25) is 0 Å². The van der Waals surface area contributed by atoms with Crippen molar-refractivity contribution in [3.8, 4) is 5.69 Å². The maximum atomic E-state index is 13.4. The van der Waals surface area contributed by atoms with Crippen LogP contribution in [-0.4, -0.2) is 78.4 Å². The van der Waals surface area contributed by atoms with Gasteiger partial charge in [0.1, 0.15) is 5.56 Å². The van der Waals surface area contributed by atoms with Gasteiger partial charge in [-0.15, -0.1) is 0 Å². The third-order valence-electron chi connectivity index (χ3n) is 5.93. The summed E-state index contributed by atoms with van der Waals surface area (Å²) in [5, 5.41) is 0. The predicted molar refractivity (Wildman–Crippen MR) is 118 cm³/mol. The van der Waals surface area contributed by atoms with Crippen LogP contribution >= 0.6 is 0 Å². The highest BCUT2D eigenvalue weighted by atomic mass is 19.4. The van der Waals surface area contributed by atoms with Gasteiger partial charge in [-0.1, -0.05) is 6.07 Å². The second-order valence-electron chi connectivity index (χ2n) is 8.60. The molecule has 1 aliphatic rings. The van der Waals surface area contributed by atoms with Crippen LogP contribution in [0.25, 0.3) is 5.69 Å². The van der Waals surface area contributed by atoms with Crippen LogP contribution in [0.2, 0.25) is 0 Å². The molecule has 7 nitrogen and oxygen atoms in total. The quantitative estimate of drug-likeness (QED) is 0.698. The third-order valence-corrected chi connectivity index (χ3v) is 5.93. The molecular weight excluding hydrogens is 437 g/mol. The summed E-state index contributed by atoms with van der Waals surface area (Å²) in [5.74, 6) is -1.01. The van der Waals surface area contributed by atoms with Crippen molar-refractivity contribution in [3.63, 3.8) is 0 Å². The Labute approximate surface area is 190 Å². The van der Waals surface area contributed by atoms with Gasteiger partial charge in [0.25, 0.3) is 17.4 Å². The third kappa shape index (κ3) is 4.80. The molecule has 0 bridgehead atoms. The molecule has 2 heterocycles. The lowest BCUT2D eigenvalue weighted by atomic mass is 10.1. The van der Waals surface area contributed by atoms with Gasteiger partial charge in [-0.05, 0) is 51.7 Å². The number of halogens is 3. The van der Waals surface area contributed by atoms with Crippen LogP contribution in [0.3, 0.4) is 0 Å². The summed E-state index contributed by atoms with van der Waals surface area (Å²) in [6, 6.07) is 5.66. The Hall–Kier alpha value is -3.14. The monoisotopic (exact) mass is 464 g/mol. The topological polar surface area (TPSA) is 65.9 Å². The lowest BCUT2D eigenvalue weighted by Crippen LogP contribution is -2.39. The Bertz CT molecular complexity index is 1140. The van der Waals surface area contributed by atoms with Gasteiger partial charge >= 0.3 is 6.18 Å². The van der Waals surface area contributed by atoms with Crippen LogP contribution in [0.15, 0.2) is 35.1 Å². The van der Waals surface area contributed by atoms with E-state index in [1.54, 1.807) is 0 Å². The molecule has 0 radical (unpaired) electrons. The highest BCUT2D eigenvalue weighted by Gasteiger charge is 2.33. The van der Waals surface area contributed by atoms with E-state index in [0.29, 0.717) is 13.1 Å². The number of hydrogen-bond donors (Lipinski definition) is 0. The van der Waals surface area contributed by atoms with Gasteiger partial charge in [0.05, 0.1) is 11.1 Å². The fourth-order valence-corrected chi connectivity index (χ4v) is 3.96. The van der Waals surface area contributed by atoms with Crippen LogP contribution < -0.4 is 5.56 Å². The Morgan fingerprint density at radius 2 is 1.73 bits per heavy atom. The van der Waals surface area contributed by atoms with E-state index in [2.05, 4.69) is 0 Å². The predicted octanol–water partition coefficient (Wildman–Crippen LogP) is 2.64. The van der Waals surface area contributed by atoms with Crippen molar-refractivity contribution in [1.82, 2.24) is 19.3 Å². The SMILES string of the molecule is Cc1c(C(=O)N(C)C)cc(C(=O)N2CCC(N(C)C)C2)c(=O)n1-c1cccc(C(F)(F)F)c1. The van der Waals surface area contributed by atoms with E-state index in [4.69, 9.17) is 0 Å². The zero-order valence-electron chi connectivity index (χ0n) is 19.2. The van der Waals surface area contributed by atoms with Crippen molar-refractivity contribution in [2.75, 3.05) is 41.3 Å². The highest BCUT2D eigenvalue weighted by Crippen LogP contribution is 2.30. The lowest BCUT2D eigenvalue weighted by molar-refractivity contribution is -0.137. The number of carbonyl (C=O) groups excluding carboxylic acids is 2. The summed E-state index contributed by atoms with van der Waals surface area (Å²) in [6.07, 6.45) is -3.88. The Balaban J connectivity index is 2.20. The first-order chi connectivity index (χ1) is 15.3. The molecule has 0 saturated carbocycles. The minimum atomic E-state index is -4.61. The molecule has 33 heavy (non-hydrogen) atoms. The number of pyridine rings is 1. The fraction of sp³-hybridized carbons (Fsp3) is 0.435. The van der Waals surface area contributed by atoms with E-state index >= 15 is 0 Å². The molecule has 10 heteroatoms. The fourth-order valence-electron chi connectivity index (χ4n) is 3.96. The summed E-state index contributed by atoms with van der Waals surface area (Å²) >= 11 is 0. The maximum Gasteiger partial charge on any atom is 0.416 e. The average Bonchev–Trinajstić information content (AvgIpc) is 3.23. The van der Waals surface area contributed by atoms with Gasteiger partial charge in [0, 0.05) is 44.6 Å². The molecule has 2 aromatic rings. The van der Waals surface area contributed by atoms with Gasteiger partial charge in [-0.3, -0.25) is 19.0 Å². The zero-order valence-corrected chi connectivity index (χ0v) is 19.2. The molecule has 0 spiro atoms. The molecule has 1 unspecified atom stereocenters. The molecule has 3 rings (SSSR count). The van der Waals surface area contributed by atoms with Gasteiger partial charge in [-0.2, -0.15) is 13.2 Å². The van der Waals surface area contributed by atoms with Crippen molar-refractivity contribution in [3.05, 3.63) is 63.1 Å². The first-order valence-electron chi connectivity index (χ1n) is 10.4. The molecule has 1 aromatic carbocycles. The van der Waals surface area contributed by atoms with Crippen molar-refractivity contribution >= 4 is 11.8 Å². The van der Waals surface area contributed by atoms with E-state index in [1.165, 1.54) is 49.0 Å². The first-order valence-corrected chi connectivity index (χ1v) is 10.4. The Morgan fingerprint density at radius 3 is 2.27 bits per heavy atom. The number of benzene rings is 1. The number of hydrogen-bond acceptors (Lipinski definition) is 4. The number of carbonyl (C=O) groups is 2. The van der Waals surface area contributed by atoms with E-state index in [-0.39, 0.29) is 28.6 Å². The number of likely N-dealkylation sites (N-methyl/N-ethyl adjacent to an activating group) is 1. The number of nitrogens with zero attached hydrogens (tertiary/aromatic N) is 4. The van der Waals surface area contributed by atoms with Crippen LogP contribution in [0.1, 0.15) is 38.4 Å². The lowest BCUT2D eigenvalue weighted by Gasteiger charge is -2.22. The second kappa shape index (κ2) is 9.01. The summed E-state index contributed by atoms with van der Waals surface area (Å²) < 4.78 is 40.9. The van der Waals surface area contributed by atoms with Crippen LogP contribution in [0, 0.1) is 6.92 Å². The molecule has 1 atom stereocenters. The minimum Gasteiger partial charge on any atom is -0.345 e. The van der Waals surface area contributed by atoms with Gasteiger partial charge in [0.15, 0.2) is 0 Å². The second-order valence-corrected chi connectivity index (χ2v) is 8.60. The standard InChI is InChI=1S/C23H27F3N4O3/c1-14-18(20(31)28(4)5)12-19(21(32)29-10-9-17(13-29)27(2)3)22(33)30(14)16-8-6-7-15(11-16)23(24,25)26/h6-8,11-12,17H,9-10,13H2,1-5H3. The zero-order chi connectivity index (χ0) is 24.7. The Morgan fingerprint density at radius 1 is 1.06 bits per heavy atom. The highest BCUT2D eigenvalue weighted by molar-refractivity contribution is 6.00. The summed E-state index contributed by atoms with van der Waals surface area (Å²) in [5.41, 5.74) is -1.78. The number of amides is 2. The van der Waals surface area contributed by atoms with Crippen LogP contribution in [0.5, 0.6) is 0 Å². The first kappa shape index (κ1) is 24.5. The van der Waals surface area contributed by atoms with Crippen molar-refractivity contribution < 1.29 is 22.8 Å². The number of aromatic nitrogens is 1. The molecule has 1 aromatic heterocycles. The summed E-state index contributed by atoms with van der Waals surface area (Å²) in [7, 11) is 6.84. The van der Waals surface area contributed by atoms with E-state index < -0.39 is 29.1 Å². The smallest absolute Gasteiger partial charge is 0.345 e. The summed E-state index contributed by atoms with van der Waals surface area (Å²) in [6.45, 7) is 2.33. The Kier molecular flexibility index (Phi) is 6.69. The molecule has 178 valence electrons. The minimum absolute atomic E-state index is 0.0672. The maximum absolute atomic E-state index is 13.4. The molecule has 0 N–H and O–H groups in total. The largest absolute Gasteiger partial charge is 0.416 e. The van der Waals surface area contributed by atoms with E-state index in [1.807, 2.05) is 19.0 Å². The van der Waals surface area contributed by atoms with E-state index in [0.717, 1.165) is 23.1 Å². The molecule has 1 saturated heterocycles. The van der Waals surface area contributed by atoms with Crippen molar-refractivity contribution in [2.45, 2.75) is 25.6 Å². The number of likely N-dealkylation sites (tertiary alicyclic amines) is 1. The van der Waals surface area contributed by atoms with Crippen LogP contribution in [-0.2, 0) is 6.18 Å². The van der Waals surface area contributed by atoms with Gasteiger partial charge < -0.3 is 14.7 Å². The van der Waals surface area contributed by atoms with Crippen molar-refractivity contribution in [2.24, 2.45) is 0 Å². The average molecular weight is 464 g/mol. The molecular formula is C23H27F3N4O3. The number of rotatable bonds is 4. The summed E-state index contributed by atoms with van der Waals surface area (Å²) in [4.78, 5) is 44.3. The normalized spacial score (nSPS) is 16.4. The van der Waals surface area contributed by atoms with E-state index in [9.17, 15) is 27.6 Å². The van der Waals surface area contributed by atoms with Gasteiger partial charge in [-0.25, -0.2) is 0 Å².